The van der Waals surface area contributed by atoms with Crippen molar-refractivity contribution in [1.82, 2.24) is 4.90 Å². The van der Waals surface area contributed by atoms with Crippen LogP contribution in [0.4, 0.5) is 0 Å². The molecule has 0 amide bonds. The van der Waals surface area contributed by atoms with Gasteiger partial charge in [0.25, 0.3) is 0 Å². The monoisotopic (exact) mass is 224 g/mol. The predicted molar refractivity (Wildman–Crippen MR) is 62.1 cm³/mol. The largest absolute Gasteiger partial charge is 0.384 e. The van der Waals surface area contributed by atoms with Crippen LogP contribution in [0, 0.1) is 11.3 Å². The third-order valence-electron chi connectivity index (χ3n) is 4.18. The Bertz CT molecular complexity index is 284. The minimum atomic E-state index is 0.520. The Morgan fingerprint density at radius 1 is 1.56 bits per heavy atom. The molecule has 16 heavy (non-hydrogen) atoms. The Hall–Kier alpha value is -0.770. The molecule has 5 heteroatoms. The second-order valence-corrected chi connectivity index (χ2v) is 5.06. The molecule has 1 saturated heterocycles. The molecule has 2 aliphatic rings. The quantitative estimate of drug-likeness (QED) is 0.407. The van der Waals surface area contributed by atoms with Crippen LogP contribution in [0.3, 0.4) is 0 Å². The van der Waals surface area contributed by atoms with Gasteiger partial charge in [-0.25, -0.2) is 0 Å². The molecule has 0 aromatic carbocycles. The normalized spacial score (nSPS) is 27.7. The molecular formula is C11H20N4O. The topological polar surface area (TPSA) is 61.2 Å². The van der Waals surface area contributed by atoms with Crippen molar-refractivity contribution in [2.24, 2.45) is 16.4 Å². The predicted octanol–water partition coefficient (Wildman–Crippen LogP) is 2.05. The third kappa shape index (κ3) is 2.17. The highest BCUT2D eigenvalue weighted by Crippen LogP contribution is 2.51. The zero-order valence-electron chi connectivity index (χ0n) is 9.93. The Kier molecular flexibility index (Phi) is 3.69. The van der Waals surface area contributed by atoms with E-state index in [0.29, 0.717) is 17.9 Å². The van der Waals surface area contributed by atoms with Gasteiger partial charge in [-0.15, -0.1) is 0 Å². The highest BCUT2D eigenvalue weighted by molar-refractivity contribution is 5.01. The molecule has 0 N–H and O–H groups in total. The van der Waals surface area contributed by atoms with Crippen LogP contribution in [0.25, 0.3) is 10.4 Å². The van der Waals surface area contributed by atoms with Crippen LogP contribution in [0.15, 0.2) is 5.11 Å². The molecule has 0 bridgehead atoms. The molecule has 1 atom stereocenters. The first-order valence-electron chi connectivity index (χ1n) is 6.03. The molecule has 5 nitrogen and oxygen atoms in total. The Morgan fingerprint density at radius 2 is 2.38 bits per heavy atom. The fourth-order valence-corrected chi connectivity index (χ4v) is 3.17. The number of hydrogen-bond donors (Lipinski definition) is 0. The van der Waals surface area contributed by atoms with Gasteiger partial charge >= 0.3 is 0 Å². The first kappa shape index (κ1) is 11.7. The number of hydrogen-bond acceptors (Lipinski definition) is 3. The van der Waals surface area contributed by atoms with Crippen LogP contribution < -0.4 is 0 Å². The lowest BCUT2D eigenvalue weighted by Gasteiger charge is -2.42. The molecule has 2 rings (SSSR count). The molecule has 2 fully saturated rings. The van der Waals surface area contributed by atoms with Gasteiger partial charge in [-0.2, -0.15) is 0 Å². The zero-order valence-corrected chi connectivity index (χ0v) is 9.93. The fourth-order valence-electron chi connectivity index (χ4n) is 3.17. The van der Waals surface area contributed by atoms with Gasteiger partial charge in [0.15, 0.2) is 0 Å². The van der Waals surface area contributed by atoms with Gasteiger partial charge < -0.3 is 9.64 Å². The van der Waals surface area contributed by atoms with Crippen molar-refractivity contribution in [1.29, 1.82) is 0 Å². The maximum absolute atomic E-state index is 8.26. The number of likely N-dealkylation sites (tertiary alicyclic amines) is 1. The molecule has 0 aromatic rings. The van der Waals surface area contributed by atoms with Crippen molar-refractivity contribution in [2.75, 3.05) is 39.9 Å². The smallest absolute Gasteiger partial charge is 0.0508 e. The summed E-state index contributed by atoms with van der Waals surface area (Å²) in [5.74, 6) is 0.678. The molecule has 90 valence electrons. The van der Waals surface area contributed by atoms with Crippen LogP contribution >= 0.6 is 0 Å². The molecule has 0 aromatic heterocycles. The lowest BCUT2D eigenvalue weighted by atomic mass is 9.63. The van der Waals surface area contributed by atoms with E-state index in [-0.39, 0.29) is 0 Å². The molecule has 0 unspecified atom stereocenters. The Balaban J connectivity index is 1.87. The van der Waals surface area contributed by atoms with Crippen LogP contribution in [0.2, 0.25) is 0 Å². The van der Waals surface area contributed by atoms with E-state index < -0.39 is 0 Å². The fraction of sp³-hybridized carbons (Fsp3) is 1.00. The van der Waals surface area contributed by atoms with Crippen LogP contribution in [0.1, 0.15) is 19.3 Å². The molecule has 1 aliphatic heterocycles. The van der Waals surface area contributed by atoms with Gasteiger partial charge in [-0.05, 0) is 23.8 Å². The maximum Gasteiger partial charge on any atom is 0.0508 e. The summed E-state index contributed by atoms with van der Waals surface area (Å²) in [5, 5.41) is 3.61. The van der Waals surface area contributed by atoms with E-state index in [9.17, 15) is 0 Å². The number of nitrogens with zero attached hydrogens (tertiary/aromatic N) is 4. The summed E-state index contributed by atoms with van der Waals surface area (Å²) >= 11 is 0. The van der Waals surface area contributed by atoms with Gasteiger partial charge in [0.2, 0.25) is 0 Å². The summed E-state index contributed by atoms with van der Waals surface area (Å²) in [6.45, 7) is 4.63. The number of methoxy groups -OCH3 is 1. The van der Waals surface area contributed by atoms with Crippen molar-refractivity contribution >= 4 is 0 Å². The van der Waals surface area contributed by atoms with E-state index in [0.717, 1.165) is 19.7 Å². The summed E-state index contributed by atoms with van der Waals surface area (Å²) in [5.41, 5.74) is 8.78. The summed E-state index contributed by atoms with van der Waals surface area (Å²) in [6.07, 6.45) is 4.06. The molecule has 1 spiro atoms. The zero-order chi connectivity index (χ0) is 11.4. The highest BCUT2D eigenvalue weighted by atomic mass is 16.5. The molecule has 1 aliphatic carbocycles. The maximum atomic E-state index is 8.26. The van der Waals surface area contributed by atoms with Crippen molar-refractivity contribution in [2.45, 2.75) is 19.3 Å². The van der Waals surface area contributed by atoms with Crippen LogP contribution in [-0.2, 0) is 4.74 Å². The van der Waals surface area contributed by atoms with Crippen LogP contribution in [0.5, 0.6) is 0 Å². The van der Waals surface area contributed by atoms with Crippen molar-refractivity contribution in [3.8, 4) is 0 Å². The van der Waals surface area contributed by atoms with E-state index in [4.69, 9.17) is 10.3 Å². The minimum Gasteiger partial charge on any atom is -0.384 e. The second-order valence-electron chi connectivity index (χ2n) is 5.06. The summed E-state index contributed by atoms with van der Waals surface area (Å²) < 4.78 is 5.32. The summed E-state index contributed by atoms with van der Waals surface area (Å²) in [7, 11) is 1.79. The first-order valence-corrected chi connectivity index (χ1v) is 6.03. The number of azide groups is 1. The molecular weight excluding hydrogens is 204 g/mol. The van der Waals surface area contributed by atoms with Gasteiger partial charge in [-0.1, -0.05) is 11.5 Å². The average Bonchev–Trinajstić information content (AvgIpc) is 2.58. The number of ether oxygens (including phenoxy) is 1. The van der Waals surface area contributed by atoms with Gasteiger partial charge in [0.05, 0.1) is 6.61 Å². The van der Waals surface area contributed by atoms with Gasteiger partial charge in [0, 0.05) is 44.1 Å². The van der Waals surface area contributed by atoms with E-state index in [1.807, 2.05) is 0 Å². The second kappa shape index (κ2) is 5.04. The van der Waals surface area contributed by atoms with E-state index in [2.05, 4.69) is 14.9 Å². The standard InChI is InChI=1S/C11H20N4O/c1-16-8-10-7-15(6-5-13-14-12)9-11(10)3-2-4-11/h10H,2-9H2,1H3/t10-/m0/s1. The number of rotatable bonds is 5. The molecule has 1 saturated carbocycles. The third-order valence-corrected chi connectivity index (χ3v) is 4.18. The lowest BCUT2D eigenvalue weighted by Crippen LogP contribution is -2.39. The summed E-state index contributed by atoms with van der Waals surface area (Å²) in [6, 6.07) is 0. The van der Waals surface area contributed by atoms with E-state index in [1.54, 1.807) is 7.11 Å². The Labute approximate surface area is 96.4 Å². The first-order chi connectivity index (χ1) is 7.80. The SMILES string of the molecule is COC[C@@H]1CN(CCN=[N+]=[N-])CC12CCC2. The lowest BCUT2D eigenvalue weighted by molar-refractivity contribution is 0.0368. The Morgan fingerprint density at radius 3 is 2.94 bits per heavy atom. The minimum absolute atomic E-state index is 0.520. The van der Waals surface area contributed by atoms with E-state index in [1.165, 1.54) is 25.8 Å². The van der Waals surface area contributed by atoms with Crippen molar-refractivity contribution in [3.05, 3.63) is 10.4 Å². The van der Waals surface area contributed by atoms with Crippen molar-refractivity contribution < 1.29 is 4.74 Å². The van der Waals surface area contributed by atoms with Crippen molar-refractivity contribution in [3.63, 3.8) is 0 Å². The van der Waals surface area contributed by atoms with Gasteiger partial charge in [-0.3, -0.25) is 0 Å². The summed E-state index contributed by atoms with van der Waals surface area (Å²) in [4.78, 5) is 5.22. The van der Waals surface area contributed by atoms with Gasteiger partial charge in [0.1, 0.15) is 0 Å². The van der Waals surface area contributed by atoms with E-state index >= 15 is 0 Å². The van der Waals surface area contributed by atoms with Crippen LogP contribution in [-0.4, -0.2) is 44.8 Å². The average molecular weight is 224 g/mol. The molecule has 0 radical (unpaired) electrons. The highest BCUT2D eigenvalue weighted by Gasteiger charge is 2.49. The molecule has 1 heterocycles.